The number of phenolic OH excluding ortho intramolecular Hbond substituents is 1. The summed E-state index contributed by atoms with van der Waals surface area (Å²) < 4.78 is 0. The van der Waals surface area contributed by atoms with E-state index >= 15 is 0 Å². The number of H-pyrrole nitrogens is 1. The molecule has 18 heavy (non-hydrogen) atoms. The van der Waals surface area contributed by atoms with Gasteiger partial charge in [-0.25, -0.2) is 0 Å². The number of nitrogens with zero attached hydrogens (tertiary/aromatic N) is 1. The Kier molecular flexibility index (Phi) is 2.71. The van der Waals surface area contributed by atoms with Crippen LogP contribution in [0.5, 0.6) is 5.75 Å². The van der Waals surface area contributed by atoms with Crippen molar-refractivity contribution in [2.75, 3.05) is 0 Å². The van der Waals surface area contributed by atoms with Crippen molar-refractivity contribution in [3.8, 4) is 11.8 Å². The van der Waals surface area contributed by atoms with E-state index in [1.807, 2.05) is 6.07 Å². The lowest BCUT2D eigenvalue weighted by Crippen LogP contribution is -2.06. The van der Waals surface area contributed by atoms with Gasteiger partial charge in [0.25, 0.3) is 0 Å². The Labute approximate surface area is 106 Å². The van der Waals surface area contributed by atoms with Gasteiger partial charge in [-0.1, -0.05) is 19.3 Å². The van der Waals surface area contributed by atoms with Gasteiger partial charge in [-0.15, -0.1) is 0 Å². The monoisotopic (exact) mass is 240 g/mol. The third-order valence-electron chi connectivity index (χ3n) is 3.94. The largest absolute Gasteiger partial charge is 0.508 e. The van der Waals surface area contributed by atoms with Crippen LogP contribution < -0.4 is 0 Å². The fourth-order valence-corrected chi connectivity index (χ4v) is 3.02. The minimum absolute atomic E-state index is 0.216. The Hall–Kier alpha value is -1.95. The quantitative estimate of drug-likeness (QED) is 0.796. The first kappa shape index (κ1) is 11.2. The summed E-state index contributed by atoms with van der Waals surface area (Å²) in [5.74, 6) is 0.691. The van der Waals surface area contributed by atoms with Crippen molar-refractivity contribution in [3.63, 3.8) is 0 Å². The SMILES string of the molecule is N#Cc1c(C2CCCCC2)[nH]c2ccc(O)cc12. The van der Waals surface area contributed by atoms with Crippen molar-refractivity contribution in [1.29, 1.82) is 5.26 Å². The number of hydrogen-bond acceptors (Lipinski definition) is 2. The Balaban J connectivity index is 2.14. The van der Waals surface area contributed by atoms with Crippen LogP contribution in [0.15, 0.2) is 18.2 Å². The molecule has 2 N–H and O–H groups in total. The molecule has 0 unspecified atom stereocenters. The average molecular weight is 240 g/mol. The van der Waals surface area contributed by atoms with E-state index < -0.39 is 0 Å². The molecule has 0 atom stereocenters. The first-order valence-electron chi connectivity index (χ1n) is 6.54. The minimum Gasteiger partial charge on any atom is -0.508 e. The maximum atomic E-state index is 9.55. The molecule has 1 saturated carbocycles. The van der Waals surface area contributed by atoms with E-state index in [-0.39, 0.29) is 5.75 Å². The molecule has 1 aliphatic rings. The molecule has 1 aliphatic carbocycles. The molecular weight excluding hydrogens is 224 g/mol. The van der Waals surface area contributed by atoms with Crippen LogP contribution in [0.1, 0.15) is 49.3 Å². The van der Waals surface area contributed by atoms with Gasteiger partial charge in [0, 0.05) is 22.5 Å². The number of aromatic nitrogens is 1. The number of aromatic amines is 1. The molecule has 1 aromatic carbocycles. The lowest BCUT2D eigenvalue weighted by atomic mass is 9.85. The van der Waals surface area contributed by atoms with Gasteiger partial charge in [0.1, 0.15) is 11.8 Å². The molecule has 0 spiro atoms. The van der Waals surface area contributed by atoms with E-state index in [2.05, 4.69) is 11.1 Å². The summed E-state index contributed by atoms with van der Waals surface area (Å²) in [5.41, 5.74) is 2.73. The molecule has 0 amide bonds. The van der Waals surface area contributed by atoms with E-state index in [4.69, 9.17) is 0 Å². The molecule has 1 aromatic heterocycles. The van der Waals surface area contributed by atoms with Crippen LogP contribution in [0.3, 0.4) is 0 Å². The molecule has 0 bridgehead atoms. The summed E-state index contributed by atoms with van der Waals surface area (Å²) in [5, 5.41) is 19.8. The van der Waals surface area contributed by atoms with Gasteiger partial charge in [0.05, 0.1) is 5.56 Å². The number of fused-ring (bicyclic) bond motifs is 1. The van der Waals surface area contributed by atoms with Crippen LogP contribution >= 0.6 is 0 Å². The molecule has 3 rings (SSSR count). The van der Waals surface area contributed by atoms with Crippen molar-refractivity contribution in [2.24, 2.45) is 0 Å². The highest BCUT2D eigenvalue weighted by atomic mass is 16.3. The van der Waals surface area contributed by atoms with Crippen molar-refractivity contribution < 1.29 is 5.11 Å². The number of hydrogen-bond donors (Lipinski definition) is 2. The molecule has 1 heterocycles. The second-order valence-electron chi connectivity index (χ2n) is 5.09. The standard InChI is InChI=1S/C15H16N2O/c16-9-13-12-8-11(18)6-7-14(12)17-15(13)10-4-2-1-3-5-10/h6-8,10,17-18H,1-5H2. The third kappa shape index (κ3) is 1.74. The zero-order chi connectivity index (χ0) is 12.5. The van der Waals surface area contributed by atoms with Crippen molar-refractivity contribution in [2.45, 2.75) is 38.0 Å². The van der Waals surface area contributed by atoms with Crippen molar-refractivity contribution >= 4 is 10.9 Å². The smallest absolute Gasteiger partial charge is 0.116 e. The topological polar surface area (TPSA) is 59.8 Å². The highest BCUT2D eigenvalue weighted by Gasteiger charge is 2.22. The summed E-state index contributed by atoms with van der Waals surface area (Å²) in [6, 6.07) is 7.48. The Bertz CT molecular complexity index is 615. The number of rotatable bonds is 1. The van der Waals surface area contributed by atoms with Gasteiger partial charge in [-0.05, 0) is 31.0 Å². The zero-order valence-corrected chi connectivity index (χ0v) is 10.2. The second-order valence-corrected chi connectivity index (χ2v) is 5.09. The molecule has 1 fully saturated rings. The number of nitrogens with one attached hydrogen (secondary N) is 1. The fraction of sp³-hybridized carbons (Fsp3) is 0.400. The molecule has 0 saturated heterocycles. The van der Waals surface area contributed by atoms with E-state index in [9.17, 15) is 10.4 Å². The maximum Gasteiger partial charge on any atom is 0.116 e. The predicted octanol–water partition coefficient (Wildman–Crippen LogP) is 3.79. The summed E-state index contributed by atoms with van der Waals surface area (Å²) in [7, 11) is 0. The molecular formula is C15H16N2O. The first-order chi connectivity index (χ1) is 8.79. The van der Waals surface area contributed by atoms with Crippen LogP contribution in [0, 0.1) is 11.3 Å². The van der Waals surface area contributed by atoms with Gasteiger partial charge >= 0.3 is 0 Å². The molecule has 92 valence electrons. The normalized spacial score (nSPS) is 16.8. The zero-order valence-electron chi connectivity index (χ0n) is 10.2. The summed E-state index contributed by atoms with van der Waals surface area (Å²) in [4.78, 5) is 3.38. The lowest BCUT2D eigenvalue weighted by molar-refractivity contribution is 0.438. The number of aromatic hydroxyl groups is 1. The Morgan fingerprint density at radius 2 is 2.00 bits per heavy atom. The molecule has 0 radical (unpaired) electrons. The van der Waals surface area contributed by atoms with Gasteiger partial charge in [-0.2, -0.15) is 5.26 Å². The molecule has 3 nitrogen and oxygen atoms in total. The minimum atomic E-state index is 0.216. The third-order valence-corrected chi connectivity index (χ3v) is 3.94. The van der Waals surface area contributed by atoms with Crippen LogP contribution in [0.25, 0.3) is 10.9 Å². The van der Waals surface area contributed by atoms with Gasteiger partial charge in [0.2, 0.25) is 0 Å². The van der Waals surface area contributed by atoms with E-state index in [1.165, 1.54) is 19.3 Å². The molecule has 2 aromatic rings. The summed E-state index contributed by atoms with van der Waals surface area (Å²) >= 11 is 0. The summed E-state index contributed by atoms with van der Waals surface area (Å²) in [6.45, 7) is 0. The van der Waals surface area contributed by atoms with Gasteiger partial charge in [0.15, 0.2) is 0 Å². The fourth-order valence-electron chi connectivity index (χ4n) is 3.02. The van der Waals surface area contributed by atoms with Crippen LogP contribution in [0.2, 0.25) is 0 Å². The Morgan fingerprint density at radius 1 is 1.22 bits per heavy atom. The number of phenols is 1. The molecule has 3 heteroatoms. The van der Waals surface area contributed by atoms with Crippen molar-refractivity contribution in [3.05, 3.63) is 29.5 Å². The van der Waals surface area contributed by atoms with Crippen LogP contribution in [0.4, 0.5) is 0 Å². The first-order valence-corrected chi connectivity index (χ1v) is 6.54. The lowest BCUT2D eigenvalue weighted by Gasteiger charge is -2.20. The number of nitriles is 1. The summed E-state index contributed by atoms with van der Waals surface area (Å²) in [6.07, 6.45) is 6.12. The maximum absolute atomic E-state index is 9.55. The Morgan fingerprint density at radius 3 is 2.72 bits per heavy atom. The van der Waals surface area contributed by atoms with Crippen LogP contribution in [-0.4, -0.2) is 10.1 Å². The van der Waals surface area contributed by atoms with E-state index in [0.29, 0.717) is 11.5 Å². The average Bonchev–Trinajstić information content (AvgIpc) is 2.77. The van der Waals surface area contributed by atoms with Gasteiger partial charge < -0.3 is 10.1 Å². The van der Waals surface area contributed by atoms with E-state index in [1.54, 1.807) is 12.1 Å². The predicted molar refractivity (Wildman–Crippen MR) is 70.5 cm³/mol. The highest BCUT2D eigenvalue weighted by Crippen LogP contribution is 2.37. The second kappa shape index (κ2) is 4.38. The number of benzene rings is 1. The van der Waals surface area contributed by atoms with Gasteiger partial charge in [-0.3, -0.25) is 0 Å². The van der Waals surface area contributed by atoms with E-state index in [0.717, 1.165) is 29.4 Å². The van der Waals surface area contributed by atoms with Crippen LogP contribution in [-0.2, 0) is 0 Å². The highest BCUT2D eigenvalue weighted by molar-refractivity contribution is 5.88. The molecule has 0 aliphatic heterocycles. The van der Waals surface area contributed by atoms with Crippen molar-refractivity contribution in [1.82, 2.24) is 4.98 Å².